The molecule has 0 aliphatic heterocycles. The van der Waals surface area contributed by atoms with Crippen LogP contribution in [0.2, 0.25) is 0 Å². The molecule has 0 radical (unpaired) electrons. The molecule has 1 unspecified atom stereocenters. The molecule has 0 bridgehead atoms. The van der Waals surface area contributed by atoms with E-state index in [1.807, 2.05) is 42.5 Å². The van der Waals surface area contributed by atoms with Crippen LogP contribution in [0.15, 0.2) is 51.7 Å². The van der Waals surface area contributed by atoms with Gasteiger partial charge in [0.1, 0.15) is 18.1 Å². The van der Waals surface area contributed by atoms with Crippen LogP contribution in [0.5, 0.6) is 5.75 Å². The zero-order valence-corrected chi connectivity index (χ0v) is 20.8. The molecule has 188 valence electrons. The van der Waals surface area contributed by atoms with Gasteiger partial charge < -0.3 is 19.6 Å². The standard InChI is InChI=1S/C28H29NO6S/c30-20-9-5-2-6-10-21-24(20)26(31)25(27(32)35-21)23(18-11-12-18)22-14-13-19(36-22)15-29-28(33)34-16-17-7-3-1-4-8-17/h1,3-4,7-8,13-14,18,23,31H,2,5-6,9-12,15-16H2,(H,29,33). The molecule has 2 aromatic heterocycles. The molecule has 0 saturated heterocycles. The third-order valence-corrected chi connectivity index (χ3v) is 7.97. The Balaban J connectivity index is 1.33. The Morgan fingerprint density at radius 2 is 1.86 bits per heavy atom. The van der Waals surface area contributed by atoms with Crippen molar-refractivity contribution in [2.24, 2.45) is 5.92 Å². The smallest absolute Gasteiger partial charge is 0.407 e. The van der Waals surface area contributed by atoms with Crippen molar-refractivity contribution in [2.75, 3.05) is 0 Å². The van der Waals surface area contributed by atoms with Crippen LogP contribution in [0.1, 0.15) is 81.4 Å². The third-order valence-electron chi connectivity index (χ3n) is 6.81. The van der Waals surface area contributed by atoms with Crippen molar-refractivity contribution in [3.63, 3.8) is 0 Å². The lowest BCUT2D eigenvalue weighted by Crippen LogP contribution is -2.23. The SMILES string of the molecule is O=C(NCc1ccc(C(c2c(O)c3c(oc2=O)CCCCCC3=O)C2CC2)s1)OCc1ccccc1. The van der Waals surface area contributed by atoms with Crippen LogP contribution in [0.4, 0.5) is 4.79 Å². The van der Waals surface area contributed by atoms with Crippen molar-refractivity contribution < 1.29 is 23.8 Å². The van der Waals surface area contributed by atoms with Gasteiger partial charge in [-0.05, 0) is 49.3 Å². The topological polar surface area (TPSA) is 106 Å². The van der Waals surface area contributed by atoms with Gasteiger partial charge in [0, 0.05) is 28.5 Å². The molecule has 2 N–H and O–H groups in total. The third kappa shape index (κ3) is 5.38. The normalized spacial score (nSPS) is 16.5. The van der Waals surface area contributed by atoms with Crippen LogP contribution in [-0.4, -0.2) is 17.0 Å². The first-order valence-corrected chi connectivity index (χ1v) is 13.3. The predicted molar refractivity (Wildman–Crippen MR) is 135 cm³/mol. The molecule has 3 aromatic rings. The van der Waals surface area contributed by atoms with E-state index < -0.39 is 11.7 Å². The molecule has 2 aliphatic carbocycles. The zero-order chi connectivity index (χ0) is 25.1. The second-order valence-electron chi connectivity index (χ2n) is 9.47. The van der Waals surface area contributed by atoms with Gasteiger partial charge in [-0.2, -0.15) is 0 Å². The number of aryl methyl sites for hydroxylation is 1. The summed E-state index contributed by atoms with van der Waals surface area (Å²) in [6.45, 7) is 0.483. The number of nitrogens with one attached hydrogen (secondary N) is 1. The predicted octanol–water partition coefficient (Wildman–Crippen LogP) is 5.67. The highest BCUT2D eigenvalue weighted by molar-refractivity contribution is 7.12. The van der Waals surface area contributed by atoms with Gasteiger partial charge in [-0.1, -0.05) is 36.8 Å². The van der Waals surface area contributed by atoms with Gasteiger partial charge in [0.05, 0.1) is 17.7 Å². The van der Waals surface area contributed by atoms with Crippen molar-refractivity contribution in [1.29, 1.82) is 0 Å². The van der Waals surface area contributed by atoms with Gasteiger partial charge in [0.25, 0.3) is 0 Å². The monoisotopic (exact) mass is 507 g/mol. The van der Waals surface area contributed by atoms with Crippen molar-refractivity contribution >= 4 is 23.2 Å². The Morgan fingerprint density at radius 3 is 2.64 bits per heavy atom. The largest absolute Gasteiger partial charge is 0.506 e. The fraction of sp³-hybridized carbons (Fsp3) is 0.393. The number of rotatable bonds is 7. The number of fused-ring (bicyclic) bond motifs is 1. The molecule has 0 spiro atoms. The number of ketones is 1. The van der Waals surface area contributed by atoms with E-state index in [-0.39, 0.29) is 41.1 Å². The average molecular weight is 508 g/mol. The number of carbonyl (C=O) groups excluding carboxylic acids is 2. The molecule has 1 amide bonds. The molecule has 1 saturated carbocycles. The summed E-state index contributed by atoms with van der Waals surface area (Å²) in [6.07, 6.45) is 4.68. The fourth-order valence-electron chi connectivity index (χ4n) is 4.82. The summed E-state index contributed by atoms with van der Waals surface area (Å²) < 4.78 is 10.9. The van der Waals surface area contributed by atoms with Gasteiger partial charge in [-0.25, -0.2) is 9.59 Å². The van der Waals surface area contributed by atoms with E-state index in [1.54, 1.807) is 0 Å². The number of thiophene rings is 1. The summed E-state index contributed by atoms with van der Waals surface area (Å²) >= 11 is 1.48. The summed E-state index contributed by atoms with van der Waals surface area (Å²) in [5.41, 5.74) is 0.726. The van der Waals surface area contributed by atoms with Crippen LogP contribution >= 0.6 is 11.3 Å². The highest BCUT2D eigenvalue weighted by Gasteiger charge is 2.40. The maximum Gasteiger partial charge on any atom is 0.407 e. The number of Topliss-reactive ketones (excluding diaryl/α,β-unsaturated/α-hetero) is 1. The second kappa shape index (κ2) is 10.7. The van der Waals surface area contributed by atoms with Gasteiger partial charge >= 0.3 is 11.7 Å². The molecule has 5 rings (SSSR count). The van der Waals surface area contributed by atoms with Crippen molar-refractivity contribution in [3.05, 3.63) is 85.1 Å². The van der Waals surface area contributed by atoms with E-state index in [2.05, 4.69) is 5.32 Å². The fourth-order valence-corrected chi connectivity index (χ4v) is 5.98. The number of hydrogen-bond acceptors (Lipinski definition) is 7. The summed E-state index contributed by atoms with van der Waals surface area (Å²) in [7, 11) is 0. The highest BCUT2D eigenvalue weighted by Crippen LogP contribution is 2.50. The number of alkyl carbamates (subject to hydrolysis) is 1. The molecule has 1 aromatic carbocycles. The molecule has 2 aliphatic rings. The number of hydrogen-bond donors (Lipinski definition) is 2. The van der Waals surface area contributed by atoms with E-state index >= 15 is 0 Å². The summed E-state index contributed by atoms with van der Waals surface area (Å²) in [5, 5.41) is 14.0. The molecule has 2 heterocycles. The number of carbonyl (C=O) groups is 2. The van der Waals surface area contributed by atoms with E-state index in [1.165, 1.54) is 11.3 Å². The number of amides is 1. The van der Waals surface area contributed by atoms with Gasteiger partial charge in [-0.3, -0.25) is 4.79 Å². The molecule has 8 heteroatoms. The first-order chi connectivity index (χ1) is 17.5. The Morgan fingerprint density at radius 1 is 1.08 bits per heavy atom. The molecule has 36 heavy (non-hydrogen) atoms. The lowest BCUT2D eigenvalue weighted by Gasteiger charge is -2.19. The van der Waals surface area contributed by atoms with Gasteiger partial charge in [0.2, 0.25) is 0 Å². The van der Waals surface area contributed by atoms with E-state index in [0.717, 1.165) is 47.4 Å². The van der Waals surface area contributed by atoms with Crippen LogP contribution in [0.3, 0.4) is 0 Å². The number of aromatic hydroxyl groups is 1. The van der Waals surface area contributed by atoms with Crippen LogP contribution in [-0.2, 0) is 24.3 Å². The molecule has 7 nitrogen and oxygen atoms in total. The van der Waals surface area contributed by atoms with Crippen LogP contribution in [0, 0.1) is 5.92 Å². The summed E-state index contributed by atoms with van der Waals surface area (Å²) in [5.74, 6) is -0.190. The van der Waals surface area contributed by atoms with Crippen LogP contribution < -0.4 is 10.9 Å². The van der Waals surface area contributed by atoms with Crippen molar-refractivity contribution in [2.45, 2.75) is 64.0 Å². The average Bonchev–Trinajstić information content (AvgIpc) is 3.59. The maximum absolute atomic E-state index is 13.1. The number of benzene rings is 1. The Labute approximate surface area is 213 Å². The summed E-state index contributed by atoms with van der Waals surface area (Å²) in [6, 6.07) is 13.3. The minimum atomic E-state index is -0.561. The molecule has 1 atom stereocenters. The molecular formula is C28H29NO6S. The van der Waals surface area contributed by atoms with Crippen molar-refractivity contribution in [3.8, 4) is 5.75 Å². The van der Waals surface area contributed by atoms with E-state index in [4.69, 9.17) is 9.15 Å². The first kappa shape index (κ1) is 24.3. The maximum atomic E-state index is 13.1. The Hall–Kier alpha value is -3.39. The van der Waals surface area contributed by atoms with Gasteiger partial charge in [0.15, 0.2) is 5.78 Å². The van der Waals surface area contributed by atoms with Gasteiger partial charge in [-0.15, -0.1) is 11.3 Å². The minimum Gasteiger partial charge on any atom is -0.506 e. The molecular weight excluding hydrogens is 478 g/mol. The lowest BCUT2D eigenvalue weighted by molar-refractivity contribution is 0.0968. The van der Waals surface area contributed by atoms with Crippen molar-refractivity contribution in [1.82, 2.24) is 5.32 Å². The quantitative estimate of drug-likeness (QED) is 0.427. The zero-order valence-electron chi connectivity index (χ0n) is 20.0. The minimum absolute atomic E-state index is 0.160. The Kier molecular flexibility index (Phi) is 7.23. The lowest BCUT2D eigenvalue weighted by atomic mass is 9.88. The van der Waals surface area contributed by atoms with Crippen LogP contribution in [0.25, 0.3) is 0 Å². The highest BCUT2D eigenvalue weighted by atomic mass is 32.1. The second-order valence-corrected chi connectivity index (χ2v) is 10.7. The molecule has 1 fully saturated rings. The van der Waals surface area contributed by atoms with E-state index in [9.17, 15) is 19.5 Å². The number of ether oxygens (including phenoxy) is 1. The Bertz CT molecular complexity index is 1310. The summed E-state index contributed by atoms with van der Waals surface area (Å²) in [4.78, 5) is 39.8. The van der Waals surface area contributed by atoms with E-state index in [0.29, 0.717) is 25.1 Å². The first-order valence-electron chi connectivity index (χ1n) is 12.5.